The van der Waals surface area contributed by atoms with Crippen LogP contribution in [0.2, 0.25) is 0 Å². The summed E-state index contributed by atoms with van der Waals surface area (Å²) in [6.07, 6.45) is 13.4. The number of carboxylic acids is 1. The molecule has 0 spiro atoms. The Morgan fingerprint density at radius 3 is 2.47 bits per heavy atom. The van der Waals surface area contributed by atoms with Gasteiger partial charge in [0.25, 0.3) is 5.91 Å². The first-order valence-corrected chi connectivity index (χ1v) is 13.3. The van der Waals surface area contributed by atoms with Gasteiger partial charge in [-0.25, -0.2) is 4.79 Å². The number of hydrogen-bond donors (Lipinski definition) is 1. The average Bonchev–Trinajstić information content (AvgIpc) is 3.14. The van der Waals surface area contributed by atoms with E-state index < -0.39 is 12.6 Å². The molecule has 1 aromatic carbocycles. The fourth-order valence-electron chi connectivity index (χ4n) is 4.90. The summed E-state index contributed by atoms with van der Waals surface area (Å²) >= 11 is 1.48. The van der Waals surface area contributed by atoms with Crippen molar-refractivity contribution in [2.45, 2.75) is 83.2 Å². The van der Waals surface area contributed by atoms with E-state index in [9.17, 15) is 9.59 Å². The van der Waals surface area contributed by atoms with Gasteiger partial charge < -0.3 is 14.6 Å². The standard InChI is InChI=1S/C26H34N2O5S/c1-2-32-22-15-18(13-14-21(22)33-17-24(29)30)16-23-25(31)28(20-11-7-4-8-12-20)26(34-23)27-19-9-5-3-6-10-19/h13-16,19-20H,2-12,17H2,1H3,(H,29,30). The average molecular weight is 487 g/mol. The lowest BCUT2D eigenvalue weighted by Gasteiger charge is -2.31. The van der Waals surface area contributed by atoms with Crippen molar-refractivity contribution in [2.24, 2.45) is 4.99 Å². The normalized spacial score (nSPS) is 22.5. The number of amides is 1. The molecule has 0 atom stereocenters. The van der Waals surface area contributed by atoms with Crippen LogP contribution < -0.4 is 9.47 Å². The highest BCUT2D eigenvalue weighted by Gasteiger charge is 2.39. The number of carbonyl (C=O) groups excluding carboxylic acids is 1. The summed E-state index contributed by atoms with van der Waals surface area (Å²) in [4.78, 5) is 32.1. The van der Waals surface area contributed by atoms with Crippen molar-refractivity contribution in [3.63, 3.8) is 0 Å². The molecular weight excluding hydrogens is 452 g/mol. The summed E-state index contributed by atoms with van der Waals surface area (Å²) < 4.78 is 11.0. The first-order chi connectivity index (χ1) is 16.5. The molecule has 3 aliphatic rings. The van der Waals surface area contributed by atoms with Gasteiger partial charge in [0.05, 0.1) is 17.6 Å². The minimum absolute atomic E-state index is 0.0376. The van der Waals surface area contributed by atoms with Gasteiger partial charge in [0.15, 0.2) is 23.3 Å². The fraction of sp³-hybridized carbons (Fsp3) is 0.577. The van der Waals surface area contributed by atoms with E-state index in [0.717, 1.165) is 49.3 Å². The molecule has 34 heavy (non-hydrogen) atoms. The number of aliphatic carboxylic acids is 1. The Kier molecular flexibility index (Phi) is 8.53. The monoisotopic (exact) mass is 486 g/mol. The van der Waals surface area contributed by atoms with Crippen LogP contribution in [0.4, 0.5) is 0 Å². The first kappa shape index (κ1) is 24.6. The number of aliphatic imine (C=N–C) groups is 1. The van der Waals surface area contributed by atoms with E-state index >= 15 is 0 Å². The van der Waals surface area contributed by atoms with Crippen LogP contribution in [0.15, 0.2) is 28.1 Å². The highest BCUT2D eigenvalue weighted by atomic mass is 32.2. The Morgan fingerprint density at radius 2 is 1.79 bits per heavy atom. The molecule has 7 nitrogen and oxygen atoms in total. The summed E-state index contributed by atoms with van der Waals surface area (Å²) in [5, 5.41) is 9.77. The van der Waals surface area contributed by atoms with Crippen LogP contribution >= 0.6 is 11.8 Å². The molecule has 3 fully saturated rings. The molecule has 184 valence electrons. The van der Waals surface area contributed by atoms with Gasteiger partial charge >= 0.3 is 5.97 Å². The van der Waals surface area contributed by atoms with E-state index in [-0.39, 0.29) is 11.9 Å². The van der Waals surface area contributed by atoms with Crippen LogP contribution in [-0.4, -0.2) is 52.3 Å². The molecule has 1 amide bonds. The van der Waals surface area contributed by atoms with Crippen LogP contribution in [0.5, 0.6) is 11.5 Å². The molecule has 1 saturated heterocycles. The molecule has 4 rings (SSSR count). The lowest BCUT2D eigenvalue weighted by atomic mass is 9.94. The number of benzene rings is 1. The molecule has 2 saturated carbocycles. The molecule has 0 radical (unpaired) electrons. The fourth-order valence-corrected chi connectivity index (χ4v) is 6.01. The third-order valence-electron chi connectivity index (χ3n) is 6.56. The van der Waals surface area contributed by atoms with Crippen molar-refractivity contribution in [2.75, 3.05) is 13.2 Å². The van der Waals surface area contributed by atoms with Crippen molar-refractivity contribution in [3.8, 4) is 11.5 Å². The molecule has 2 aliphatic carbocycles. The third-order valence-corrected chi connectivity index (χ3v) is 7.56. The van der Waals surface area contributed by atoms with Crippen LogP contribution in [0.3, 0.4) is 0 Å². The van der Waals surface area contributed by atoms with Gasteiger partial charge in [0, 0.05) is 6.04 Å². The number of carbonyl (C=O) groups is 2. The molecule has 1 N–H and O–H groups in total. The molecule has 8 heteroatoms. The second-order valence-electron chi connectivity index (χ2n) is 9.10. The molecule has 1 aliphatic heterocycles. The smallest absolute Gasteiger partial charge is 0.341 e. The SMILES string of the molecule is CCOc1cc(C=C2SC(=NC3CCCCC3)N(C3CCCCC3)C2=O)ccc1OCC(=O)O. The van der Waals surface area contributed by atoms with Gasteiger partial charge in [-0.1, -0.05) is 44.6 Å². The first-order valence-electron chi connectivity index (χ1n) is 12.5. The second kappa shape index (κ2) is 11.8. The van der Waals surface area contributed by atoms with E-state index in [0.29, 0.717) is 29.1 Å². The Labute approximate surface area is 205 Å². The number of amidine groups is 1. The molecular formula is C26H34N2O5S. The number of hydrogen-bond acceptors (Lipinski definition) is 6. The molecule has 0 aromatic heterocycles. The number of rotatable bonds is 8. The van der Waals surface area contributed by atoms with Crippen molar-refractivity contribution >= 4 is 34.9 Å². The summed E-state index contributed by atoms with van der Waals surface area (Å²) in [6.45, 7) is 1.84. The van der Waals surface area contributed by atoms with Crippen molar-refractivity contribution in [1.29, 1.82) is 0 Å². The molecule has 0 unspecified atom stereocenters. The largest absolute Gasteiger partial charge is 0.490 e. The zero-order valence-electron chi connectivity index (χ0n) is 19.8. The number of ether oxygens (including phenoxy) is 2. The highest BCUT2D eigenvalue weighted by molar-refractivity contribution is 8.18. The zero-order chi connectivity index (χ0) is 23.9. The Balaban J connectivity index is 1.60. The minimum atomic E-state index is -1.05. The maximum Gasteiger partial charge on any atom is 0.341 e. The topological polar surface area (TPSA) is 88.4 Å². The van der Waals surface area contributed by atoms with Crippen molar-refractivity contribution in [3.05, 3.63) is 28.7 Å². The Morgan fingerprint density at radius 1 is 1.09 bits per heavy atom. The van der Waals surface area contributed by atoms with E-state index in [2.05, 4.69) is 0 Å². The predicted molar refractivity (Wildman–Crippen MR) is 134 cm³/mol. The van der Waals surface area contributed by atoms with E-state index in [1.807, 2.05) is 24.0 Å². The zero-order valence-corrected chi connectivity index (χ0v) is 20.6. The Bertz CT molecular complexity index is 949. The second-order valence-corrected chi connectivity index (χ2v) is 10.1. The van der Waals surface area contributed by atoms with Gasteiger partial charge in [-0.2, -0.15) is 0 Å². The summed E-state index contributed by atoms with van der Waals surface area (Å²) in [6, 6.07) is 5.85. The lowest BCUT2D eigenvalue weighted by molar-refractivity contribution is -0.139. The summed E-state index contributed by atoms with van der Waals surface area (Å²) in [5.41, 5.74) is 0.810. The molecule has 1 aromatic rings. The van der Waals surface area contributed by atoms with Crippen LogP contribution in [0, 0.1) is 0 Å². The minimum Gasteiger partial charge on any atom is -0.490 e. The van der Waals surface area contributed by atoms with Gasteiger partial charge in [0.1, 0.15) is 0 Å². The van der Waals surface area contributed by atoms with Crippen LogP contribution in [-0.2, 0) is 9.59 Å². The van der Waals surface area contributed by atoms with Crippen LogP contribution in [0.1, 0.15) is 76.7 Å². The maximum atomic E-state index is 13.6. The third kappa shape index (κ3) is 6.14. The van der Waals surface area contributed by atoms with Gasteiger partial charge in [0.2, 0.25) is 0 Å². The van der Waals surface area contributed by atoms with Crippen molar-refractivity contribution in [1.82, 2.24) is 4.90 Å². The van der Waals surface area contributed by atoms with Crippen molar-refractivity contribution < 1.29 is 24.2 Å². The van der Waals surface area contributed by atoms with E-state index in [4.69, 9.17) is 19.6 Å². The van der Waals surface area contributed by atoms with Gasteiger partial charge in [-0.15, -0.1) is 0 Å². The lowest BCUT2D eigenvalue weighted by Crippen LogP contribution is -2.41. The molecule has 1 heterocycles. The summed E-state index contributed by atoms with van der Waals surface area (Å²) in [5.74, 6) is -0.168. The van der Waals surface area contributed by atoms with Crippen LogP contribution in [0.25, 0.3) is 6.08 Å². The molecule has 0 bridgehead atoms. The Hall–Kier alpha value is -2.48. The number of thioether (sulfide) groups is 1. The highest BCUT2D eigenvalue weighted by Crippen LogP contribution is 2.39. The van der Waals surface area contributed by atoms with E-state index in [1.54, 1.807) is 12.1 Å². The van der Waals surface area contributed by atoms with E-state index in [1.165, 1.54) is 37.4 Å². The maximum absolute atomic E-state index is 13.6. The summed E-state index contributed by atoms with van der Waals surface area (Å²) in [7, 11) is 0. The number of nitrogens with zero attached hydrogens (tertiary/aromatic N) is 2. The van der Waals surface area contributed by atoms with Gasteiger partial charge in [-0.3, -0.25) is 14.7 Å². The van der Waals surface area contributed by atoms with Gasteiger partial charge in [-0.05, 0) is 68.1 Å². The predicted octanol–water partition coefficient (Wildman–Crippen LogP) is 5.49. The number of carboxylic acid groups (broad SMARTS) is 1. The quantitative estimate of drug-likeness (QED) is 0.489.